The quantitative estimate of drug-likeness (QED) is 0.765. The summed E-state index contributed by atoms with van der Waals surface area (Å²) in [5, 5.41) is 0. The zero-order valence-electron chi connectivity index (χ0n) is 8.79. The van der Waals surface area contributed by atoms with Gasteiger partial charge in [0, 0.05) is 12.4 Å². The third-order valence-corrected chi connectivity index (χ3v) is 2.03. The van der Waals surface area contributed by atoms with Gasteiger partial charge in [-0.15, -0.1) is 0 Å². The molecule has 0 aliphatic heterocycles. The zero-order valence-corrected chi connectivity index (χ0v) is 8.79. The number of carbonyl (C=O) groups is 2. The summed E-state index contributed by atoms with van der Waals surface area (Å²) in [6.07, 6.45) is 2.97. The summed E-state index contributed by atoms with van der Waals surface area (Å²) in [6, 6.07) is 5.08. The fraction of sp³-hybridized carbons (Fsp3) is 0.0909. The number of hydrogen-bond donors (Lipinski definition) is 1. The Kier molecular flexibility index (Phi) is 2.95. The number of fused-ring (bicyclic) bond motifs is 1. The monoisotopic (exact) mass is 231 g/mol. The average Bonchev–Trinajstić information content (AvgIpc) is 2.35. The van der Waals surface area contributed by atoms with Crippen LogP contribution < -0.4 is 5.73 Å². The molecule has 2 heterocycles. The molecule has 0 saturated carbocycles. The van der Waals surface area contributed by atoms with Gasteiger partial charge in [0.15, 0.2) is 6.61 Å². The Morgan fingerprint density at radius 2 is 2.12 bits per heavy atom. The Labute approximate surface area is 96.4 Å². The maximum Gasteiger partial charge on any atom is 0.340 e. The molecule has 0 unspecified atom stereocenters. The van der Waals surface area contributed by atoms with E-state index in [2.05, 4.69) is 14.7 Å². The minimum absolute atomic E-state index is 0.234. The van der Waals surface area contributed by atoms with Crippen LogP contribution in [0.4, 0.5) is 0 Å². The standard InChI is InChI=1S/C11H9N3O3/c12-10(15)6-17-11(16)7-4-9-8(14-5-7)2-1-3-13-9/h1-5H,6H2,(H2,12,15). The molecule has 2 N–H and O–H groups in total. The van der Waals surface area contributed by atoms with Gasteiger partial charge in [0.2, 0.25) is 0 Å². The zero-order chi connectivity index (χ0) is 12.3. The largest absolute Gasteiger partial charge is 0.452 e. The molecule has 0 saturated heterocycles. The number of hydrogen-bond acceptors (Lipinski definition) is 5. The number of rotatable bonds is 3. The van der Waals surface area contributed by atoms with Gasteiger partial charge in [-0.1, -0.05) is 0 Å². The second-order valence-electron chi connectivity index (χ2n) is 3.31. The van der Waals surface area contributed by atoms with E-state index in [0.29, 0.717) is 11.0 Å². The summed E-state index contributed by atoms with van der Waals surface area (Å²) < 4.78 is 4.66. The van der Waals surface area contributed by atoms with Crippen molar-refractivity contribution in [2.24, 2.45) is 5.73 Å². The number of nitrogens with zero attached hydrogens (tertiary/aromatic N) is 2. The minimum Gasteiger partial charge on any atom is -0.452 e. The highest BCUT2D eigenvalue weighted by molar-refractivity contribution is 5.93. The van der Waals surface area contributed by atoms with Crippen LogP contribution in [0.3, 0.4) is 0 Å². The number of nitrogens with two attached hydrogens (primary N) is 1. The maximum absolute atomic E-state index is 11.5. The van der Waals surface area contributed by atoms with Crippen LogP contribution in [-0.4, -0.2) is 28.5 Å². The first-order chi connectivity index (χ1) is 8.16. The molecule has 2 aromatic rings. The Hall–Kier alpha value is -2.50. The fourth-order valence-corrected chi connectivity index (χ4v) is 1.28. The van der Waals surface area contributed by atoms with Gasteiger partial charge in [-0.25, -0.2) is 4.79 Å². The highest BCUT2D eigenvalue weighted by Crippen LogP contribution is 2.10. The molecular formula is C11H9N3O3. The van der Waals surface area contributed by atoms with Crippen molar-refractivity contribution in [3.05, 3.63) is 36.2 Å². The molecule has 0 atom stereocenters. The number of carbonyl (C=O) groups excluding carboxylic acids is 2. The van der Waals surface area contributed by atoms with E-state index in [-0.39, 0.29) is 5.56 Å². The number of primary amides is 1. The van der Waals surface area contributed by atoms with Crippen LogP contribution in [0.25, 0.3) is 11.0 Å². The number of aromatic nitrogens is 2. The van der Waals surface area contributed by atoms with E-state index in [1.165, 1.54) is 6.20 Å². The highest BCUT2D eigenvalue weighted by atomic mass is 16.5. The molecule has 6 heteroatoms. The second-order valence-corrected chi connectivity index (χ2v) is 3.31. The summed E-state index contributed by atoms with van der Waals surface area (Å²) in [5.74, 6) is -1.35. The van der Waals surface area contributed by atoms with Gasteiger partial charge < -0.3 is 10.5 Å². The lowest BCUT2D eigenvalue weighted by Crippen LogP contribution is -2.21. The molecule has 17 heavy (non-hydrogen) atoms. The SMILES string of the molecule is NC(=O)COC(=O)c1cnc2cccnc2c1. The molecule has 1 amide bonds. The van der Waals surface area contributed by atoms with E-state index in [1.54, 1.807) is 24.4 Å². The van der Waals surface area contributed by atoms with Crippen molar-refractivity contribution in [3.8, 4) is 0 Å². The first-order valence-corrected chi connectivity index (χ1v) is 4.83. The van der Waals surface area contributed by atoms with Crippen molar-refractivity contribution in [1.82, 2.24) is 9.97 Å². The van der Waals surface area contributed by atoms with Crippen LogP contribution in [0.15, 0.2) is 30.6 Å². The Balaban J connectivity index is 2.24. The molecule has 0 spiro atoms. The Morgan fingerprint density at radius 3 is 2.88 bits per heavy atom. The minimum atomic E-state index is -0.703. The summed E-state index contributed by atoms with van der Waals surface area (Å²) in [4.78, 5) is 30.1. The Morgan fingerprint density at radius 1 is 1.29 bits per heavy atom. The normalized spacial score (nSPS) is 10.1. The summed E-state index contributed by atoms with van der Waals surface area (Å²) in [7, 11) is 0. The lowest BCUT2D eigenvalue weighted by molar-refractivity contribution is -0.121. The van der Waals surface area contributed by atoms with Gasteiger partial charge in [0.05, 0.1) is 16.6 Å². The molecule has 86 valence electrons. The van der Waals surface area contributed by atoms with Crippen molar-refractivity contribution in [2.45, 2.75) is 0 Å². The third kappa shape index (κ3) is 2.54. The molecule has 0 aliphatic carbocycles. The van der Waals surface area contributed by atoms with E-state index < -0.39 is 18.5 Å². The van der Waals surface area contributed by atoms with Crippen LogP contribution in [0.5, 0.6) is 0 Å². The van der Waals surface area contributed by atoms with Crippen LogP contribution in [0.2, 0.25) is 0 Å². The lowest BCUT2D eigenvalue weighted by atomic mass is 10.2. The van der Waals surface area contributed by atoms with Crippen molar-refractivity contribution in [1.29, 1.82) is 0 Å². The van der Waals surface area contributed by atoms with Crippen molar-refractivity contribution in [3.63, 3.8) is 0 Å². The van der Waals surface area contributed by atoms with E-state index in [1.807, 2.05) is 0 Å². The molecule has 2 rings (SSSR count). The molecule has 0 fully saturated rings. The molecule has 6 nitrogen and oxygen atoms in total. The predicted molar refractivity (Wildman–Crippen MR) is 59.0 cm³/mol. The van der Waals surface area contributed by atoms with Crippen LogP contribution >= 0.6 is 0 Å². The fourth-order valence-electron chi connectivity index (χ4n) is 1.28. The van der Waals surface area contributed by atoms with Crippen LogP contribution in [-0.2, 0) is 9.53 Å². The highest BCUT2D eigenvalue weighted by Gasteiger charge is 2.10. The number of pyridine rings is 2. The molecule has 0 aromatic carbocycles. The van der Waals surface area contributed by atoms with E-state index in [9.17, 15) is 9.59 Å². The predicted octanol–water partition coefficient (Wildman–Crippen LogP) is 0.272. The number of amides is 1. The first kappa shape index (κ1) is 11.0. The molecule has 2 aromatic heterocycles. The van der Waals surface area contributed by atoms with E-state index in [4.69, 9.17) is 5.73 Å². The van der Waals surface area contributed by atoms with Gasteiger partial charge in [0.25, 0.3) is 5.91 Å². The van der Waals surface area contributed by atoms with Gasteiger partial charge in [-0.2, -0.15) is 0 Å². The smallest absolute Gasteiger partial charge is 0.340 e. The van der Waals surface area contributed by atoms with Gasteiger partial charge in [0.1, 0.15) is 0 Å². The van der Waals surface area contributed by atoms with Crippen molar-refractivity contribution < 1.29 is 14.3 Å². The van der Waals surface area contributed by atoms with E-state index in [0.717, 1.165) is 0 Å². The number of ether oxygens (including phenoxy) is 1. The molecule has 0 aliphatic rings. The van der Waals surface area contributed by atoms with Gasteiger partial charge in [-0.3, -0.25) is 14.8 Å². The van der Waals surface area contributed by atoms with Crippen LogP contribution in [0, 0.1) is 0 Å². The second kappa shape index (κ2) is 4.56. The Bertz CT molecular complexity index is 583. The van der Waals surface area contributed by atoms with Crippen molar-refractivity contribution in [2.75, 3.05) is 6.61 Å². The summed E-state index contributed by atoms with van der Waals surface area (Å²) in [6.45, 7) is -0.445. The van der Waals surface area contributed by atoms with Crippen LogP contribution in [0.1, 0.15) is 10.4 Å². The van der Waals surface area contributed by atoms with Gasteiger partial charge >= 0.3 is 5.97 Å². The van der Waals surface area contributed by atoms with Gasteiger partial charge in [-0.05, 0) is 18.2 Å². The molecule has 0 radical (unpaired) electrons. The number of esters is 1. The topological polar surface area (TPSA) is 95.2 Å². The average molecular weight is 231 g/mol. The molecule has 0 bridgehead atoms. The third-order valence-electron chi connectivity index (χ3n) is 2.03. The lowest BCUT2D eigenvalue weighted by Gasteiger charge is -2.02. The molecular weight excluding hydrogens is 222 g/mol. The van der Waals surface area contributed by atoms with Crippen molar-refractivity contribution >= 4 is 22.9 Å². The summed E-state index contributed by atoms with van der Waals surface area (Å²) in [5.41, 5.74) is 6.36. The first-order valence-electron chi connectivity index (χ1n) is 4.83. The van der Waals surface area contributed by atoms with E-state index >= 15 is 0 Å². The maximum atomic E-state index is 11.5. The summed E-state index contributed by atoms with van der Waals surface area (Å²) >= 11 is 0.